The third kappa shape index (κ3) is 6.38. The van der Waals surface area contributed by atoms with Gasteiger partial charge in [-0.15, -0.1) is 0 Å². The van der Waals surface area contributed by atoms with Crippen LogP contribution in [0.25, 0.3) is 0 Å². The lowest BCUT2D eigenvalue weighted by Gasteiger charge is -2.10. The molecule has 1 aromatic rings. The van der Waals surface area contributed by atoms with E-state index in [9.17, 15) is 9.59 Å². The molecule has 1 aliphatic heterocycles. The molecule has 126 valence electrons. The molecule has 1 amide bonds. The number of amides is 1. The van der Waals surface area contributed by atoms with Gasteiger partial charge in [0.1, 0.15) is 0 Å². The number of aromatic carboxylic acids is 1. The third-order valence-electron chi connectivity index (χ3n) is 3.68. The lowest BCUT2D eigenvalue weighted by Crippen LogP contribution is -2.27. The SMILES string of the molecule is O=C(Cc1ccc(C(=O)O)cc1)NCCCOCC1CCCO1. The Morgan fingerprint density at radius 2 is 2.09 bits per heavy atom. The maximum Gasteiger partial charge on any atom is 0.335 e. The zero-order chi connectivity index (χ0) is 16.5. The first-order chi connectivity index (χ1) is 11.1. The van der Waals surface area contributed by atoms with Crippen LogP contribution in [0.1, 0.15) is 35.2 Å². The molecule has 0 bridgehead atoms. The van der Waals surface area contributed by atoms with E-state index in [1.807, 2.05) is 0 Å². The largest absolute Gasteiger partial charge is 0.478 e. The highest BCUT2D eigenvalue weighted by atomic mass is 16.5. The Balaban J connectivity index is 1.55. The minimum atomic E-state index is -0.969. The molecule has 1 unspecified atom stereocenters. The smallest absolute Gasteiger partial charge is 0.335 e. The van der Waals surface area contributed by atoms with Gasteiger partial charge in [0.15, 0.2) is 0 Å². The van der Waals surface area contributed by atoms with Gasteiger partial charge in [0.2, 0.25) is 5.91 Å². The number of carboxylic acid groups (broad SMARTS) is 1. The van der Waals surface area contributed by atoms with Crippen LogP contribution in [-0.2, 0) is 20.7 Å². The van der Waals surface area contributed by atoms with Gasteiger partial charge in [0, 0.05) is 19.8 Å². The van der Waals surface area contributed by atoms with Gasteiger partial charge >= 0.3 is 5.97 Å². The summed E-state index contributed by atoms with van der Waals surface area (Å²) < 4.78 is 11.0. The number of ether oxygens (including phenoxy) is 2. The molecular formula is C17H23NO5. The fourth-order valence-electron chi connectivity index (χ4n) is 2.41. The molecule has 0 aliphatic carbocycles. The Morgan fingerprint density at radius 3 is 2.74 bits per heavy atom. The van der Waals surface area contributed by atoms with Gasteiger partial charge < -0.3 is 19.9 Å². The summed E-state index contributed by atoms with van der Waals surface area (Å²) in [5.74, 6) is -1.05. The second-order valence-corrected chi connectivity index (χ2v) is 5.59. The van der Waals surface area contributed by atoms with Gasteiger partial charge in [-0.3, -0.25) is 4.79 Å². The molecular weight excluding hydrogens is 298 g/mol. The molecule has 1 heterocycles. The zero-order valence-electron chi connectivity index (χ0n) is 13.1. The molecule has 23 heavy (non-hydrogen) atoms. The second kappa shape index (κ2) is 9.27. The number of carbonyl (C=O) groups is 2. The third-order valence-corrected chi connectivity index (χ3v) is 3.68. The normalized spacial score (nSPS) is 17.1. The topological polar surface area (TPSA) is 84.9 Å². The Morgan fingerprint density at radius 1 is 1.30 bits per heavy atom. The molecule has 0 aromatic heterocycles. The van der Waals surface area contributed by atoms with Crippen molar-refractivity contribution < 1.29 is 24.2 Å². The summed E-state index contributed by atoms with van der Waals surface area (Å²) in [6.07, 6.45) is 3.42. The molecule has 1 saturated heterocycles. The number of carboxylic acids is 1. The van der Waals surface area contributed by atoms with Crippen molar-refractivity contribution in [3.05, 3.63) is 35.4 Å². The molecule has 1 atom stereocenters. The Labute approximate surface area is 135 Å². The average molecular weight is 321 g/mol. The van der Waals surface area contributed by atoms with Crippen molar-refractivity contribution >= 4 is 11.9 Å². The Hall–Kier alpha value is -1.92. The van der Waals surface area contributed by atoms with Gasteiger partial charge in [-0.2, -0.15) is 0 Å². The highest BCUT2D eigenvalue weighted by Gasteiger charge is 2.14. The van der Waals surface area contributed by atoms with E-state index in [2.05, 4.69) is 5.32 Å². The van der Waals surface area contributed by atoms with E-state index in [-0.39, 0.29) is 24.0 Å². The fourth-order valence-corrected chi connectivity index (χ4v) is 2.41. The number of rotatable bonds is 9. The molecule has 1 fully saturated rings. The van der Waals surface area contributed by atoms with Crippen LogP contribution < -0.4 is 5.32 Å². The highest BCUT2D eigenvalue weighted by Crippen LogP contribution is 2.11. The van der Waals surface area contributed by atoms with Crippen LogP contribution >= 0.6 is 0 Å². The molecule has 1 aromatic carbocycles. The Bertz CT molecular complexity index is 508. The molecule has 0 spiro atoms. The van der Waals surface area contributed by atoms with Crippen molar-refractivity contribution in [3.63, 3.8) is 0 Å². The summed E-state index contributed by atoms with van der Waals surface area (Å²) in [5.41, 5.74) is 1.01. The van der Waals surface area contributed by atoms with Gasteiger partial charge in [0.25, 0.3) is 0 Å². The maximum absolute atomic E-state index is 11.8. The summed E-state index contributed by atoms with van der Waals surface area (Å²) in [5, 5.41) is 11.6. The van der Waals surface area contributed by atoms with E-state index >= 15 is 0 Å². The predicted octanol–water partition coefficient (Wildman–Crippen LogP) is 1.63. The van der Waals surface area contributed by atoms with Crippen LogP contribution in [0.4, 0.5) is 0 Å². The minimum Gasteiger partial charge on any atom is -0.478 e. The van der Waals surface area contributed by atoms with Crippen molar-refractivity contribution in [2.75, 3.05) is 26.4 Å². The number of hydrogen-bond donors (Lipinski definition) is 2. The summed E-state index contributed by atoms with van der Waals surface area (Å²) in [6.45, 7) is 2.63. The maximum atomic E-state index is 11.8. The van der Waals surface area contributed by atoms with Crippen molar-refractivity contribution in [1.29, 1.82) is 0 Å². The van der Waals surface area contributed by atoms with Crippen molar-refractivity contribution in [2.45, 2.75) is 31.8 Å². The average Bonchev–Trinajstić information content (AvgIpc) is 3.04. The van der Waals surface area contributed by atoms with Crippen LogP contribution in [0.2, 0.25) is 0 Å². The lowest BCUT2D eigenvalue weighted by atomic mass is 10.1. The van der Waals surface area contributed by atoms with E-state index in [0.29, 0.717) is 19.8 Å². The Kier molecular flexibility index (Phi) is 7.03. The van der Waals surface area contributed by atoms with Gasteiger partial charge in [-0.25, -0.2) is 4.79 Å². The van der Waals surface area contributed by atoms with E-state index in [1.54, 1.807) is 12.1 Å². The van der Waals surface area contributed by atoms with E-state index in [0.717, 1.165) is 31.4 Å². The molecule has 0 saturated carbocycles. The molecule has 0 radical (unpaired) electrons. The molecule has 1 aliphatic rings. The van der Waals surface area contributed by atoms with Crippen LogP contribution in [0.5, 0.6) is 0 Å². The van der Waals surface area contributed by atoms with Gasteiger partial charge in [0.05, 0.1) is 24.7 Å². The zero-order valence-corrected chi connectivity index (χ0v) is 13.1. The van der Waals surface area contributed by atoms with Crippen molar-refractivity contribution in [3.8, 4) is 0 Å². The van der Waals surface area contributed by atoms with Crippen LogP contribution in [0.3, 0.4) is 0 Å². The lowest BCUT2D eigenvalue weighted by molar-refractivity contribution is -0.120. The summed E-state index contributed by atoms with van der Waals surface area (Å²) in [4.78, 5) is 22.5. The van der Waals surface area contributed by atoms with Crippen molar-refractivity contribution in [2.24, 2.45) is 0 Å². The first kappa shape index (κ1) is 17.4. The summed E-state index contributed by atoms with van der Waals surface area (Å²) >= 11 is 0. The number of nitrogens with one attached hydrogen (secondary N) is 1. The van der Waals surface area contributed by atoms with E-state index < -0.39 is 5.97 Å². The van der Waals surface area contributed by atoms with Gasteiger partial charge in [-0.05, 0) is 37.0 Å². The molecule has 2 N–H and O–H groups in total. The first-order valence-electron chi connectivity index (χ1n) is 7.93. The van der Waals surface area contributed by atoms with Crippen molar-refractivity contribution in [1.82, 2.24) is 5.32 Å². The minimum absolute atomic E-state index is 0.0767. The monoisotopic (exact) mass is 321 g/mol. The van der Waals surface area contributed by atoms with Crippen LogP contribution in [-0.4, -0.2) is 49.5 Å². The quantitative estimate of drug-likeness (QED) is 0.675. The number of hydrogen-bond acceptors (Lipinski definition) is 4. The van der Waals surface area contributed by atoms with Gasteiger partial charge in [-0.1, -0.05) is 12.1 Å². The highest BCUT2D eigenvalue weighted by molar-refractivity contribution is 5.87. The number of benzene rings is 1. The molecule has 6 heteroatoms. The predicted molar refractivity (Wildman–Crippen MR) is 84.5 cm³/mol. The van der Waals surface area contributed by atoms with Crippen LogP contribution in [0.15, 0.2) is 24.3 Å². The summed E-state index contributed by atoms with van der Waals surface area (Å²) in [6, 6.07) is 6.33. The fraction of sp³-hybridized carbons (Fsp3) is 0.529. The first-order valence-corrected chi connectivity index (χ1v) is 7.93. The second-order valence-electron chi connectivity index (χ2n) is 5.59. The molecule has 2 rings (SSSR count). The van der Waals surface area contributed by atoms with E-state index in [1.165, 1.54) is 12.1 Å². The molecule has 6 nitrogen and oxygen atoms in total. The van der Waals surface area contributed by atoms with E-state index in [4.69, 9.17) is 14.6 Å². The summed E-state index contributed by atoms with van der Waals surface area (Å²) in [7, 11) is 0. The van der Waals surface area contributed by atoms with Crippen LogP contribution in [0, 0.1) is 0 Å². The standard InChI is InChI=1S/C17H23NO5/c19-16(11-13-4-6-14(7-5-13)17(20)21)18-8-2-9-22-12-15-3-1-10-23-15/h4-7,15H,1-3,8-12H2,(H,18,19)(H,20,21). The number of carbonyl (C=O) groups excluding carboxylic acids is 1.